The van der Waals surface area contributed by atoms with E-state index in [2.05, 4.69) is 16.4 Å². The minimum Gasteiger partial charge on any atom is -0.348 e. The molecule has 1 saturated heterocycles. The fourth-order valence-corrected chi connectivity index (χ4v) is 5.46. The van der Waals surface area contributed by atoms with E-state index >= 15 is 0 Å². The lowest BCUT2D eigenvalue weighted by atomic mass is 9.80. The summed E-state index contributed by atoms with van der Waals surface area (Å²) in [7, 11) is 1.26. The number of carbonyl (C=O) groups excluding carboxylic acids is 3. The summed E-state index contributed by atoms with van der Waals surface area (Å²) in [6, 6.07) is 2.41. The SMILES string of the molecule is [2H]c1ccc2c(c1)[C@@]1(C[C@@H](C#N)N(C(=O)[C@H](CC(C)C)N(C)C(=O)c3[nH]c4c(F)c(F)c([2H])c(F)c4c3[2H])C1)C(=O)N2. The van der Waals surface area contributed by atoms with Gasteiger partial charge in [0, 0.05) is 37.1 Å². The number of fused-ring (bicyclic) bond motifs is 3. The van der Waals surface area contributed by atoms with Gasteiger partial charge >= 0.3 is 0 Å². The van der Waals surface area contributed by atoms with Gasteiger partial charge in [-0.25, -0.2) is 13.2 Å². The number of aromatic amines is 1. The number of para-hydroxylation sites is 1. The number of hydrogen-bond acceptors (Lipinski definition) is 4. The molecule has 202 valence electrons. The van der Waals surface area contributed by atoms with Crippen molar-refractivity contribution in [1.29, 1.82) is 5.26 Å². The van der Waals surface area contributed by atoms with Crippen LogP contribution in [0.2, 0.25) is 0 Å². The molecule has 3 amide bonds. The maximum absolute atomic E-state index is 14.6. The number of rotatable bonds is 5. The Morgan fingerprint density at radius 3 is 2.72 bits per heavy atom. The molecular weight excluding hydrogens is 511 g/mol. The maximum atomic E-state index is 14.6. The first kappa shape index (κ1) is 22.6. The predicted molar refractivity (Wildman–Crippen MR) is 136 cm³/mol. The van der Waals surface area contributed by atoms with Crippen LogP contribution in [0.25, 0.3) is 10.9 Å². The van der Waals surface area contributed by atoms with E-state index in [1.807, 2.05) is 0 Å². The van der Waals surface area contributed by atoms with Crippen molar-refractivity contribution in [2.45, 2.75) is 44.2 Å². The number of halogens is 3. The largest absolute Gasteiger partial charge is 0.348 e. The quantitative estimate of drug-likeness (QED) is 0.475. The summed E-state index contributed by atoms with van der Waals surface area (Å²) in [6.07, 6.45) is 0.0756. The summed E-state index contributed by atoms with van der Waals surface area (Å²) in [5.74, 6) is -7.11. The highest BCUT2D eigenvalue weighted by molar-refractivity contribution is 6.07. The zero-order valence-electron chi connectivity index (χ0n) is 24.3. The van der Waals surface area contributed by atoms with Crippen LogP contribution in [0.15, 0.2) is 36.3 Å². The molecule has 1 aromatic heterocycles. The average Bonchev–Trinajstić information content (AvgIpc) is 3.60. The first-order valence-electron chi connectivity index (χ1n) is 13.8. The lowest BCUT2D eigenvalue weighted by Crippen LogP contribution is -2.52. The Balaban J connectivity index is 1.52. The third kappa shape index (κ3) is 4.11. The predicted octanol–water partition coefficient (Wildman–Crippen LogP) is 4.09. The molecule has 3 heterocycles. The minimum absolute atomic E-state index is 0.0257. The number of benzene rings is 2. The van der Waals surface area contributed by atoms with Crippen molar-refractivity contribution in [3.05, 3.63) is 65.0 Å². The third-order valence-electron chi connectivity index (χ3n) is 7.44. The molecule has 0 saturated carbocycles. The molecule has 0 aliphatic carbocycles. The van der Waals surface area contributed by atoms with Crippen LogP contribution in [-0.4, -0.2) is 58.2 Å². The Morgan fingerprint density at radius 2 is 2.03 bits per heavy atom. The molecule has 8 nitrogen and oxygen atoms in total. The second-order valence-corrected chi connectivity index (χ2v) is 10.3. The second-order valence-electron chi connectivity index (χ2n) is 10.3. The smallest absolute Gasteiger partial charge is 0.270 e. The summed E-state index contributed by atoms with van der Waals surface area (Å²) in [6.45, 7) is 3.41. The fraction of sp³-hybridized carbons (Fsp3) is 0.357. The molecule has 2 N–H and O–H groups in total. The number of nitriles is 1. The van der Waals surface area contributed by atoms with E-state index in [0.717, 1.165) is 4.90 Å². The van der Waals surface area contributed by atoms with E-state index in [1.165, 1.54) is 24.1 Å². The summed E-state index contributed by atoms with van der Waals surface area (Å²) >= 11 is 0. The number of aromatic nitrogens is 1. The molecule has 2 aliphatic rings. The monoisotopic (exact) mass is 540 g/mol. The fourth-order valence-electron chi connectivity index (χ4n) is 5.46. The highest BCUT2D eigenvalue weighted by Crippen LogP contribution is 2.46. The summed E-state index contributed by atoms with van der Waals surface area (Å²) < 4.78 is 66.9. The van der Waals surface area contributed by atoms with Crippen LogP contribution < -0.4 is 5.32 Å². The first-order chi connectivity index (χ1) is 19.7. The molecule has 39 heavy (non-hydrogen) atoms. The Labute approximate surface area is 226 Å². The summed E-state index contributed by atoms with van der Waals surface area (Å²) in [5, 5.41) is 12.0. The number of likely N-dealkylation sites (N-methyl/N-ethyl adjacent to an activating group) is 1. The van der Waals surface area contributed by atoms with Gasteiger partial charge in [-0.3, -0.25) is 14.4 Å². The van der Waals surface area contributed by atoms with Gasteiger partial charge in [0.2, 0.25) is 11.8 Å². The van der Waals surface area contributed by atoms with Crippen LogP contribution in [-0.2, 0) is 15.0 Å². The van der Waals surface area contributed by atoms with Crippen molar-refractivity contribution in [2.24, 2.45) is 5.92 Å². The average molecular weight is 541 g/mol. The van der Waals surface area contributed by atoms with Crippen molar-refractivity contribution >= 4 is 34.3 Å². The van der Waals surface area contributed by atoms with E-state index in [4.69, 9.17) is 4.11 Å². The Kier molecular flexibility index (Phi) is 5.48. The number of nitrogens with zero attached hydrogens (tertiary/aromatic N) is 3. The molecule has 0 bridgehead atoms. The number of nitrogens with one attached hydrogen (secondary N) is 2. The van der Waals surface area contributed by atoms with Crippen LogP contribution >= 0.6 is 0 Å². The van der Waals surface area contributed by atoms with Crippen LogP contribution in [0, 0.1) is 34.7 Å². The number of anilines is 1. The standard InChI is InChI=1S/C28H26F3N5O3/c1-14(2)8-22(35(3)25(37)21-9-16-18(29)10-19(30)23(31)24(16)33-21)26(38)36-13-28(11-15(36)12-32)17-6-4-5-7-20(17)34-27(28)39/h4-7,9-10,14-15,22,33H,8,11,13H2,1-3H3,(H,34,39)/t15-,22-,28-/m0/s1/i4D,9D,10D. The van der Waals surface area contributed by atoms with E-state index in [9.17, 15) is 32.8 Å². The van der Waals surface area contributed by atoms with Gasteiger partial charge in [-0.15, -0.1) is 0 Å². The van der Waals surface area contributed by atoms with Crippen molar-refractivity contribution < 1.29 is 31.7 Å². The normalized spacial score (nSPS) is 21.9. The van der Waals surface area contributed by atoms with Crippen LogP contribution in [0.3, 0.4) is 0 Å². The zero-order valence-corrected chi connectivity index (χ0v) is 21.3. The topological polar surface area (TPSA) is 109 Å². The van der Waals surface area contributed by atoms with Crippen molar-refractivity contribution in [1.82, 2.24) is 14.8 Å². The molecule has 3 atom stereocenters. The molecule has 11 heteroatoms. The van der Waals surface area contributed by atoms with Crippen molar-refractivity contribution in [3.8, 4) is 6.07 Å². The van der Waals surface area contributed by atoms with Gasteiger partial charge in [-0.05, 0) is 30.0 Å². The third-order valence-corrected chi connectivity index (χ3v) is 7.44. The van der Waals surface area contributed by atoms with E-state index in [0.29, 0.717) is 11.3 Å². The molecule has 3 aromatic rings. The first-order valence-corrected chi connectivity index (χ1v) is 12.3. The molecule has 0 unspecified atom stereocenters. The maximum Gasteiger partial charge on any atom is 0.270 e. The Hall–Kier alpha value is -4.33. The van der Waals surface area contributed by atoms with E-state index in [-0.39, 0.29) is 31.3 Å². The molecule has 2 aliphatic heterocycles. The molecular formula is C28H26F3N5O3. The van der Waals surface area contributed by atoms with Crippen LogP contribution in [0.1, 0.15) is 46.9 Å². The van der Waals surface area contributed by atoms with Gasteiger partial charge in [0.1, 0.15) is 23.6 Å². The second kappa shape index (κ2) is 9.45. The Bertz CT molecular complexity index is 1720. The van der Waals surface area contributed by atoms with Gasteiger partial charge in [-0.1, -0.05) is 32.0 Å². The molecule has 5 rings (SSSR count). The van der Waals surface area contributed by atoms with Crippen LogP contribution in [0.4, 0.5) is 18.9 Å². The van der Waals surface area contributed by atoms with Gasteiger partial charge in [0.05, 0.1) is 21.1 Å². The summed E-state index contributed by atoms with van der Waals surface area (Å²) in [5.41, 5.74) is -1.69. The Morgan fingerprint density at radius 1 is 1.28 bits per heavy atom. The summed E-state index contributed by atoms with van der Waals surface area (Å²) in [4.78, 5) is 45.3. The molecule has 1 fully saturated rings. The lowest BCUT2D eigenvalue weighted by molar-refractivity contribution is -0.136. The zero-order chi connectivity index (χ0) is 30.8. The van der Waals surface area contributed by atoms with E-state index < -0.39 is 81.4 Å². The molecule has 0 radical (unpaired) electrons. The molecule has 2 aromatic carbocycles. The van der Waals surface area contributed by atoms with Gasteiger partial charge in [0.25, 0.3) is 5.91 Å². The van der Waals surface area contributed by atoms with Gasteiger partial charge in [0.15, 0.2) is 11.6 Å². The van der Waals surface area contributed by atoms with Crippen LogP contribution in [0.5, 0.6) is 0 Å². The highest BCUT2D eigenvalue weighted by atomic mass is 19.2. The van der Waals surface area contributed by atoms with Crippen molar-refractivity contribution in [2.75, 3.05) is 18.9 Å². The number of amides is 3. The molecule has 1 spiro atoms. The number of hydrogen-bond donors (Lipinski definition) is 2. The van der Waals surface area contributed by atoms with E-state index in [1.54, 1.807) is 19.9 Å². The number of likely N-dealkylation sites (tertiary alicyclic amines) is 1. The highest BCUT2D eigenvalue weighted by Gasteiger charge is 2.56. The number of H-pyrrole nitrogens is 1. The lowest BCUT2D eigenvalue weighted by Gasteiger charge is -2.33. The van der Waals surface area contributed by atoms with Gasteiger partial charge in [-0.2, -0.15) is 5.26 Å². The minimum atomic E-state index is -1.78. The number of carbonyl (C=O) groups is 3. The van der Waals surface area contributed by atoms with Crippen molar-refractivity contribution in [3.63, 3.8) is 0 Å². The van der Waals surface area contributed by atoms with Gasteiger partial charge < -0.3 is 20.1 Å².